The van der Waals surface area contributed by atoms with Gasteiger partial charge in [-0.15, -0.1) is 0 Å². The molecule has 2 rings (SSSR count). The molecule has 3 N–H and O–H groups in total. The van der Waals surface area contributed by atoms with E-state index in [2.05, 4.69) is 11.4 Å². The third-order valence-corrected chi connectivity index (χ3v) is 2.94. The van der Waals surface area contributed by atoms with E-state index in [0.29, 0.717) is 11.3 Å². The van der Waals surface area contributed by atoms with E-state index < -0.39 is 6.03 Å². The first-order valence-corrected chi connectivity index (χ1v) is 6.69. The summed E-state index contributed by atoms with van der Waals surface area (Å²) >= 11 is 0. The van der Waals surface area contributed by atoms with Crippen LogP contribution >= 0.6 is 0 Å². The number of nitrogens with zero attached hydrogens (tertiary/aromatic N) is 1. The van der Waals surface area contributed by atoms with Gasteiger partial charge in [0.2, 0.25) is 0 Å². The zero-order valence-electron chi connectivity index (χ0n) is 11.9. The summed E-state index contributed by atoms with van der Waals surface area (Å²) in [5, 5.41) is 11.7. The van der Waals surface area contributed by atoms with E-state index >= 15 is 0 Å². The molecule has 2 aromatic rings. The predicted molar refractivity (Wildman–Crippen MR) is 88.7 cm³/mol. The number of carbonyl (C=O) groups excluding carboxylic acids is 1. The van der Waals surface area contributed by atoms with Crippen molar-refractivity contribution in [3.63, 3.8) is 0 Å². The van der Waals surface area contributed by atoms with Crippen molar-refractivity contribution in [3.8, 4) is 6.07 Å². The number of benzene rings is 2. The lowest BCUT2D eigenvalue weighted by Gasteiger charge is -2.03. The molecule has 0 aliphatic carbocycles. The van der Waals surface area contributed by atoms with E-state index in [-0.39, 0.29) is 0 Å². The van der Waals surface area contributed by atoms with Gasteiger partial charge < -0.3 is 11.1 Å². The molecule has 0 fully saturated rings. The zero-order valence-corrected chi connectivity index (χ0v) is 11.9. The van der Waals surface area contributed by atoms with Crippen molar-refractivity contribution in [1.29, 1.82) is 5.26 Å². The fourth-order valence-corrected chi connectivity index (χ4v) is 1.89. The molecule has 0 aliphatic heterocycles. The Hall–Kier alpha value is -3.32. The molecule has 2 aromatic carbocycles. The van der Waals surface area contributed by atoms with Crippen molar-refractivity contribution in [3.05, 3.63) is 77.9 Å². The Morgan fingerprint density at radius 3 is 2.36 bits per heavy atom. The zero-order chi connectivity index (χ0) is 15.8. The lowest BCUT2D eigenvalue weighted by atomic mass is 10.1. The monoisotopic (exact) mass is 289 g/mol. The van der Waals surface area contributed by atoms with Crippen LogP contribution in [0.3, 0.4) is 0 Å². The summed E-state index contributed by atoms with van der Waals surface area (Å²) in [6.07, 6.45) is 5.52. The highest BCUT2D eigenvalue weighted by atomic mass is 16.2. The molecule has 4 nitrogen and oxygen atoms in total. The van der Waals surface area contributed by atoms with E-state index in [1.165, 1.54) is 0 Å². The van der Waals surface area contributed by atoms with Crippen molar-refractivity contribution in [2.45, 2.75) is 0 Å². The molecule has 0 bridgehead atoms. The van der Waals surface area contributed by atoms with Crippen LogP contribution in [0.25, 0.3) is 11.6 Å². The second-order valence-electron chi connectivity index (χ2n) is 4.53. The maximum atomic E-state index is 10.8. The van der Waals surface area contributed by atoms with Gasteiger partial charge in [0.25, 0.3) is 0 Å². The topological polar surface area (TPSA) is 78.9 Å². The summed E-state index contributed by atoms with van der Waals surface area (Å²) in [6.45, 7) is 0. The van der Waals surface area contributed by atoms with Gasteiger partial charge in [-0.1, -0.05) is 54.6 Å². The van der Waals surface area contributed by atoms with Crippen LogP contribution in [-0.2, 0) is 0 Å². The average Bonchev–Trinajstić information content (AvgIpc) is 2.53. The van der Waals surface area contributed by atoms with E-state index in [9.17, 15) is 10.1 Å². The van der Waals surface area contributed by atoms with Gasteiger partial charge in [-0.3, -0.25) is 0 Å². The summed E-state index contributed by atoms with van der Waals surface area (Å²) in [7, 11) is 0. The fourth-order valence-electron chi connectivity index (χ4n) is 1.89. The minimum absolute atomic E-state index is 0.540. The van der Waals surface area contributed by atoms with Crippen LogP contribution in [0.4, 0.5) is 10.5 Å². The number of carbonyl (C=O) groups is 1. The molecule has 0 saturated heterocycles. The van der Waals surface area contributed by atoms with Gasteiger partial charge in [-0.05, 0) is 29.3 Å². The van der Waals surface area contributed by atoms with Crippen LogP contribution in [0.2, 0.25) is 0 Å². The Kier molecular flexibility index (Phi) is 5.11. The number of hydrogen-bond donors (Lipinski definition) is 2. The number of anilines is 1. The number of nitrogens with two attached hydrogens (primary N) is 1. The highest BCUT2D eigenvalue weighted by molar-refractivity contribution is 5.88. The lowest BCUT2D eigenvalue weighted by molar-refractivity contribution is 0.259. The van der Waals surface area contributed by atoms with E-state index in [1.54, 1.807) is 30.3 Å². The molecular weight excluding hydrogens is 274 g/mol. The second-order valence-corrected chi connectivity index (χ2v) is 4.53. The van der Waals surface area contributed by atoms with Crippen LogP contribution < -0.4 is 11.1 Å². The van der Waals surface area contributed by atoms with Gasteiger partial charge in [0.05, 0.1) is 11.6 Å². The maximum absolute atomic E-state index is 10.8. The summed E-state index contributed by atoms with van der Waals surface area (Å²) < 4.78 is 0. The van der Waals surface area contributed by atoms with Gasteiger partial charge in [0.1, 0.15) is 0 Å². The lowest BCUT2D eigenvalue weighted by Crippen LogP contribution is -2.19. The van der Waals surface area contributed by atoms with Gasteiger partial charge in [-0.25, -0.2) is 4.79 Å². The van der Waals surface area contributed by atoms with Crippen LogP contribution in [0.15, 0.2) is 66.7 Å². The van der Waals surface area contributed by atoms with E-state index in [4.69, 9.17) is 5.73 Å². The van der Waals surface area contributed by atoms with Crippen molar-refractivity contribution < 1.29 is 4.79 Å². The quantitative estimate of drug-likeness (QED) is 0.663. The van der Waals surface area contributed by atoms with Gasteiger partial charge in [0.15, 0.2) is 0 Å². The second kappa shape index (κ2) is 7.46. The number of allylic oxidation sites excluding steroid dienone is 3. The molecular formula is C18H15N3O. The number of nitriles is 1. The Morgan fingerprint density at radius 1 is 1.09 bits per heavy atom. The Morgan fingerprint density at radius 2 is 1.77 bits per heavy atom. The standard InChI is InChI=1S/C18H15N3O/c19-13-16(8-4-7-14-5-2-1-3-6-14)15-9-11-17(12-10-15)21-18(20)22/h1-12H,(H3,20,21,22). The first-order valence-electron chi connectivity index (χ1n) is 6.69. The van der Waals surface area contributed by atoms with Crippen LogP contribution in [-0.4, -0.2) is 6.03 Å². The molecule has 4 heteroatoms. The predicted octanol–water partition coefficient (Wildman–Crippen LogP) is 3.80. The highest BCUT2D eigenvalue weighted by Crippen LogP contribution is 2.17. The number of primary amides is 1. The van der Waals surface area contributed by atoms with Gasteiger partial charge in [-0.2, -0.15) is 5.26 Å². The number of nitrogens with one attached hydrogen (secondary N) is 1. The highest BCUT2D eigenvalue weighted by Gasteiger charge is 2.00. The molecule has 108 valence electrons. The molecule has 0 aliphatic rings. The van der Waals surface area contributed by atoms with Crippen LogP contribution in [0.5, 0.6) is 0 Å². The van der Waals surface area contributed by atoms with Crippen molar-refractivity contribution in [2.24, 2.45) is 5.73 Å². The van der Waals surface area contributed by atoms with Crippen LogP contribution in [0, 0.1) is 11.3 Å². The minimum atomic E-state index is -0.616. The molecule has 2 amide bonds. The Labute approximate surface area is 129 Å². The summed E-state index contributed by atoms with van der Waals surface area (Å²) in [5.41, 5.74) is 8.02. The normalized spacial score (nSPS) is 11.1. The number of amides is 2. The molecule has 0 saturated carbocycles. The number of rotatable bonds is 4. The van der Waals surface area contributed by atoms with Gasteiger partial charge in [0, 0.05) is 5.69 Å². The summed E-state index contributed by atoms with van der Waals surface area (Å²) in [4.78, 5) is 10.8. The third kappa shape index (κ3) is 4.36. The first-order chi connectivity index (χ1) is 10.7. The largest absolute Gasteiger partial charge is 0.351 e. The Balaban J connectivity index is 2.14. The maximum Gasteiger partial charge on any atom is 0.316 e. The van der Waals surface area contributed by atoms with E-state index in [0.717, 1.165) is 11.1 Å². The third-order valence-electron chi connectivity index (χ3n) is 2.94. The number of urea groups is 1. The first kappa shape index (κ1) is 15.1. The van der Waals surface area contributed by atoms with Crippen LogP contribution in [0.1, 0.15) is 11.1 Å². The Bertz CT molecular complexity index is 738. The molecule has 0 radical (unpaired) electrons. The molecule has 0 spiro atoms. The molecule has 0 atom stereocenters. The van der Waals surface area contributed by atoms with Crippen molar-refractivity contribution in [1.82, 2.24) is 0 Å². The summed E-state index contributed by atoms with van der Waals surface area (Å²) in [5.74, 6) is 0. The molecule has 0 heterocycles. The molecule has 0 aromatic heterocycles. The van der Waals surface area contributed by atoms with Gasteiger partial charge >= 0.3 is 6.03 Å². The average molecular weight is 289 g/mol. The van der Waals surface area contributed by atoms with Crippen molar-refractivity contribution >= 4 is 23.4 Å². The van der Waals surface area contributed by atoms with Crippen molar-refractivity contribution in [2.75, 3.05) is 5.32 Å². The molecule has 22 heavy (non-hydrogen) atoms. The van der Waals surface area contributed by atoms with E-state index in [1.807, 2.05) is 42.5 Å². The molecule has 0 unspecified atom stereocenters. The number of hydrogen-bond acceptors (Lipinski definition) is 2. The SMILES string of the molecule is N#CC(=CC=Cc1ccccc1)c1ccc(NC(N)=O)cc1. The smallest absolute Gasteiger partial charge is 0.316 e. The fraction of sp³-hybridized carbons (Fsp3) is 0. The summed E-state index contributed by atoms with van der Waals surface area (Å²) in [6, 6.07) is 18.3. The minimum Gasteiger partial charge on any atom is -0.351 e.